The molecular weight excluding hydrogens is 663 g/mol. The summed E-state index contributed by atoms with van der Waals surface area (Å²) >= 11 is 0. The standard InChI is InChI=1S/C50H93NO3/c1-3-5-7-9-11-13-15-17-19-20-21-22-23-24-25-26-27-28-29-30-32-33-35-37-39-41-43-45-49(53)48(47-52)51-50(54)46-44-42-40-38-36-34-31-18-16-14-12-10-8-6-4-2/h12,14,18,31,35,37,43,45,48-49,52-53H,3-11,13,15-17,19-30,32-34,36,38-42,44,46-47H2,1-2H3,(H,51,54)/b14-12-,31-18-,37-35+,45-43+. The Labute approximate surface area is 337 Å². The van der Waals surface area contributed by atoms with E-state index in [2.05, 4.69) is 55.6 Å². The van der Waals surface area contributed by atoms with Crippen LogP contribution < -0.4 is 5.32 Å². The fraction of sp³-hybridized carbons (Fsp3) is 0.820. The van der Waals surface area contributed by atoms with Gasteiger partial charge in [-0.2, -0.15) is 0 Å². The highest BCUT2D eigenvalue weighted by molar-refractivity contribution is 5.76. The van der Waals surface area contributed by atoms with Crippen LogP contribution in [-0.4, -0.2) is 34.9 Å². The summed E-state index contributed by atoms with van der Waals surface area (Å²) in [4.78, 5) is 12.4. The lowest BCUT2D eigenvalue weighted by Gasteiger charge is -2.19. The van der Waals surface area contributed by atoms with Crippen molar-refractivity contribution < 1.29 is 15.0 Å². The summed E-state index contributed by atoms with van der Waals surface area (Å²) in [7, 11) is 0. The molecule has 1 amide bonds. The quantitative estimate of drug-likeness (QED) is 0.0429. The number of carbonyl (C=O) groups excluding carboxylic acids is 1. The number of allylic oxidation sites excluding steroid dienone is 7. The van der Waals surface area contributed by atoms with E-state index in [1.165, 1.54) is 173 Å². The third kappa shape index (κ3) is 41.5. The number of hydrogen-bond acceptors (Lipinski definition) is 3. The SMILES string of the molecule is CCCCC/C=C\C/C=C\CCCCCCCC(=O)NC(CO)C(O)/C=C/CC/C=C/CCCCCCCCCCCCCCCCCCCCCCC. The fourth-order valence-electron chi connectivity index (χ4n) is 7.11. The van der Waals surface area contributed by atoms with Crippen LogP contribution in [0, 0.1) is 0 Å². The van der Waals surface area contributed by atoms with E-state index in [0.717, 1.165) is 51.4 Å². The molecular formula is C50H93NO3. The Morgan fingerprint density at radius 3 is 1.22 bits per heavy atom. The van der Waals surface area contributed by atoms with Crippen LogP contribution in [0.1, 0.15) is 245 Å². The third-order valence-corrected chi connectivity index (χ3v) is 10.8. The zero-order valence-corrected chi connectivity index (χ0v) is 36.2. The summed E-state index contributed by atoms with van der Waals surface area (Å²) < 4.78 is 0. The van der Waals surface area contributed by atoms with Crippen molar-refractivity contribution in [2.75, 3.05) is 6.61 Å². The molecule has 2 atom stereocenters. The second-order valence-corrected chi connectivity index (χ2v) is 16.2. The van der Waals surface area contributed by atoms with Crippen LogP contribution in [0.2, 0.25) is 0 Å². The lowest BCUT2D eigenvalue weighted by Crippen LogP contribution is -2.45. The number of aliphatic hydroxyl groups excluding tert-OH is 2. The topological polar surface area (TPSA) is 69.6 Å². The number of nitrogens with one attached hydrogen (secondary N) is 1. The van der Waals surface area contributed by atoms with Gasteiger partial charge in [-0.15, -0.1) is 0 Å². The normalized spacial score (nSPS) is 13.3. The molecule has 0 saturated carbocycles. The Balaban J connectivity index is 3.57. The van der Waals surface area contributed by atoms with Gasteiger partial charge in [-0.25, -0.2) is 0 Å². The first-order chi connectivity index (χ1) is 26.7. The molecule has 0 aliphatic heterocycles. The van der Waals surface area contributed by atoms with E-state index < -0.39 is 12.1 Å². The minimum Gasteiger partial charge on any atom is -0.394 e. The van der Waals surface area contributed by atoms with Crippen LogP contribution in [0.3, 0.4) is 0 Å². The molecule has 0 aromatic carbocycles. The van der Waals surface area contributed by atoms with Gasteiger partial charge in [0.05, 0.1) is 18.8 Å². The van der Waals surface area contributed by atoms with Crippen LogP contribution in [0.5, 0.6) is 0 Å². The first-order valence-electron chi connectivity index (χ1n) is 23.9. The number of rotatable bonds is 43. The van der Waals surface area contributed by atoms with Crippen molar-refractivity contribution in [3.63, 3.8) is 0 Å². The van der Waals surface area contributed by atoms with Crippen molar-refractivity contribution in [2.45, 2.75) is 257 Å². The van der Waals surface area contributed by atoms with Crippen molar-refractivity contribution >= 4 is 5.91 Å². The predicted octanol–water partition coefficient (Wildman–Crippen LogP) is 15.1. The molecule has 3 N–H and O–H groups in total. The highest BCUT2D eigenvalue weighted by Crippen LogP contribution is 2.16. The lowest BCUT2D eigenvalue weighted by atomic mass is 10.0. The summed E-state index contributed by atoms with van der Waals surface area (Å²) in [5.41, 5.74) is 0. The summed E-state index contributed by atoms with van der Waals surface area (Å²) in [5, 5.41) is 23.0. The number of unbranched alkanes of at least 4 members (excludes halogenated alkanes) is 30. The summed E-state index contributed by atoms with van der Waals surface area (Å²) in [5.74, 6) is -0.0877. The van der Waals surface area contributed by atoms with Crippen LogP contribution in [-0.2, 0) is 4.79 Å². The first kappa shape index (κ1) is 52.3. The van der Waals surface area contributed by atoms with Crippen molar-refractivity contribution in [1.29, 1.82) is 0 Å². The fourth-order valence-corrected chi connectivity index (χ4v) is 7.11. The third-order valence-electron chi connectivity index (χ3n) is 10.8. The minimum absolute atomic E-state index is 0.0877. The summed E-state index contributed by atoms with van der Waals surface area (Å²) in [6.07, 6.45) is 62.4. The van der Waals surface area contributed by atoms with Gasteiger partial charge in [0.25, 0.3) is 0 Å². The summed E-state index contributed by atoms with van der Waals surface area (Å²) in [6.45, 7) is 4.27. The molecule has 0 heterocycles. The molecule has 0 spiro atoms. The van der Waals surface area contributed by atoms with E-state index in [1.54, 1.807) is 6.08 Å². The smallest absolute Gasteiger partial charge is 0.220 e. The van der Waals surface area contributed by atoms with Crippen LogP contribution >= 0.6 is 0 Å². The van der Waals surface area contributed by atoms with Gasteiger partial charge in [-0.1, -0.05) is 223 Å². The lowest BCUT2D eigenvalue weighted by molar-refractivity contribution is -0.123. The van der Waals surface area contributed by atoms with Crippen molar-refractivity contribution in [1.82, 2.24) is 5.32 Å². The molecule has 0 bridgehead atoms. The molecule has 0 radical (unpaired) electrons. The van der Waals surface area contributed by atoms with Gasteiger partial charge in [0, 0.05) is 6.42 Å². The average molecular weight is 756 g/mol. The second-order valence-electron chi connectivity index (χ2n) is 16.2. The molecule has 2 unspecified atom stereocenters. The van der Waals surface area contributed by atoms with E-state index in [4.69, 9.17) is 0 Å². The van der Waals surface area contributed by atoms with Gasteiger partial charge in [-0.05, 0) is 64.2 Å². The van der Waals surface area contributed by atoms with E-state index in [-0.39, 0.29) is 12.5 Å². The molecule has 4 nitrogen and oxygen atoms in total. The Morgan fingerprint density at radius 1 is 0.444 bits per heavy atom. The molecule has 4 heteroatoms. The average Bonchev–Trinajstić information content (AvgIpc) is 3.18. The van der Waals surface area contributed by atoms with Crippen LogP contribution in [0.15, 0.2) is 48.6 Å². The molecule has 0 fully saturated rings. The molecule has 0 rings (SSSR count). The monoisotopic (exact) mass is 756 g/mol. The predicted molar refractivity (Wildman–Crippen MR) is 239 cm³/mol. The van der Waals surface area contributed by atoms with E-state index in [9.17, 15) is 15.0 Å². The van der Waals surface area contributed by atoms with E-state index in [0.29, 0.717) is 6.42 Å². The van der Waals surface area contributed by atoms with E-state index >= 15 is 0 Å². The second kappa shape index (κ2) is 45.7. The molecule has 54 heavy (non-hydrogen) atoms. The largest absolute Gasteiger partial charge is 0.394 e. The highest BCUT2D eigenvalue weighted by atomic mass is 16.3. The van der Waals surface area contributed by atoms with Crippen LogP contribution in [0.25, 0.3) is 0 Å². The van der Waals surface area contributed by atoms with Crippen molar-refractivity contribution in [3.05, 3.63) is 48.6 Å². The van der Waals surface area contributed by atoms with E-state index in [1.807, 2.05) is 6.08 Å². The molecule has 0 saturated heterocycles. The maximum atomic E-state index is 12.4. The molecule has 0 aliphatic rings. The maximum absolute atomic E-state index is 12.4. The van der Waals surface area contributed by atoms with Gasteiger partial charge in [0.2, 0.25) is 5.91 Å². The van der Waals surface area contributed by atoms with Crippen molar-refractivity contribution in [2.24, 2.45) is 0 Å². The van der Waals surface area contributed by atoms with Gasteiger partial charge < -0.3 is 15.5 Å². The molecule has 316 valence electrons. The number of amides is 1. The zero-order valence-electron chi connectivity index (χ0n) is 36.2. The maximum Gasteiger partial charge on any atom is 0.220 e. The Morgan fingerprint density at radius 2 is 0.778 bits per heavy atom. The Bertz CT molecular complexity index is 862. The summed E-state index contributed by atoms with van der Waals surface area (Å²) in [6, 6.07) is -0.647. The number of aliphatic hydroxyl groups is 2. The molecule has 0 aliphatic carbocycles. The van der Waals surface area contributed by atoms with Crippen LogP contribution in [0.4, 0.5) is 0 Å². The molecule has 0 aromatic heterocycles. The number of carbonyl (C=O) groups is 1. The Kier molecular flexibility index (Phi) is 44.3. The minimum atomic E-state index is -0.869. The highest BCUT2D eigenvalue weighted by Gasteiger charge is 2.17. The van der Waals surface area contributed by atoms with Gasteiger partial charge in [0.15, 0.2) is 0 Å². The zero-order chi connectivity index (χ0) is 39.3. The van der Waals surface area contributed by atoms with Gasteiger partial charge >= 0.3 is 0 Å². The molecule has 0 aromatic rings. The van der Waals surface area contributed by atoms with Gasteiger partial charge in [-0.3, -0.25) is 4.79 Å². The van der Waals surface area contributed by atoms with Gasteiger partial charge in [0.1, 0.15) is 0 Å². The number of hydrogen-bond donors (Lipinski definition) is 3. The van der Waals surface area contributed by atoms with Crippen molar-refractivity contribution in [3.8, 4) is 0 Å². The Hall–Kier alpha value is -1.65. The first-order valence-corrected chi connectivity index (χ1v) is 23.9.